The number of nitrogens with one attached hydrogen (secondary N) is 1. The van der Waals surface area contributed by atoms with Crippen LogP contribution in [0.2, 0.25) is 0 Å². The minimum atomic E-state index is -0.178. The van der Waals surface area contributed by atoms with Crippen molar-refractivity contribution < 1.29 is 9.53 Å². The largest absolute Gasteiger partial charge is 0.381 e. The van der Waals surface area contributed by atoms with Gasteiger partial charge in [-0.25, -0.2) is 0 Å². The molecule has 1 heterocycles. The van der Waals surface area contributed by atoms with E-state index in [9.17, 15) is 4.79 Å². The maximum atomic E-state index is 11.7. The van der Waals surface area contributed by atoms with E-state index in [1.54, 1.807) is 0 Å². The quantitative estimate of drug-likeness (QED) is 0.835. The molecule has 92 valence electrons. The lowest BCUT2D eigenvalue weighted by Gasteiger charge is -2.13. The summed E-state index contributed by atoms with van der Waals surface area (Å²) >= 11 is 6.21. The summed E-state index contributed by atoms with van der Waals surface area (Å²) in [6.45, 7) is 1.67. The van der Waals surface area contributed by atoms with Gasteiger partial charge in [0.05, 0.1) is 17.9 Å². The van der Waals surface area contributed by atoms with Gasteiger partial charge in [0.15, 0.2) is 0 Å². The van der Waals surface area contributed by atoms with Crippen LogP contribution >= 0.6 is 11.6 Å². The normalized spacial score (nSPS) is 21.1. The van der Waals surface area contributed by atoms with E-state index >= 15 is 0 Å². The van der Waals surface area contributed by atoms with Crippen LogP contribution in [0.15, 0.2) is 30.3 Å². The molecule has 0 bridgehead atoms. The summed E-state index contributed by atoms with van der Waals surface area (Å²) in [5.41, 5.74) is 1.03. The fraction of sp³-hybridized carbons (Fsp3) is 0.462. The Morgan fingerprint density at radius 3 is 2.88 bits per heavy atom. The summed E-state index contributed by atoms with van der Waals surface area (Å²) in [6.07, 6.45) is 0.810. The van der Waals surface area contributed by atoms with Gasteiger partial charge in [0.25, 0.3) is 0 Å². The van der Waals surface area contributed by atoms with Crippen molar-refractivity contribution in [3.05, 3.63) is 35.9 Å². The molecule has 1 N–H and O–H groups in total. The second-order valence-electron chi connectivity index (χ2n) is 4.18. The predicted molar refractivity (Wildman–Crippen MR) is 67.0 cm³/mol. The van der Waals surface area contributed by atoms with Crippen molar-refractivity contribution in [3.63, 3.8) is 0 Å². The lowest BCUT2D eigenvalue weighted by atomic mass is 10.1. The highest BCUT2D eigenvalue weighted by atomic mass is 35.5. The van der Waals surface area contributed by atoms with Crippen LogP contribution in [-0.4, -0.2) is 25.7 Å². The smallest absolute Gasteiger partial charge is 0.225 e. The van der Waals surface area contributed by atoms with Crippen molar-refractivity contribution in [1.29, 1.82) is 0 Å². The summed E-state index contributed by atoms with van der Waals surface area (Å²) < 4.78 is 5.18. The van der Waals surface area contributed by atoms with Gasteiger partial charge in [-0.1, -0.05) is 30.3 Å². The highest BCUT2D eigenvalue weighted by Crippen LogP contribution is 2.19. The molecule has 1 amide bonds. The maximum absolute atomic E-state index is 11.7. The molecule has 1 aliphatic heterocycles. The molecule has 2 unspecified atom stereocenters. The zero-order valence-electron chi connectivity index (χ0n) is 9.56. The Balaban J connectivity index is 1.80. The van der Waals surface area contributed by atoms with E-state index < -0.39 is 0 Å². The molecule has 0 radical (unpaired) electrons. The molecule has 1 fully saturated rings. The van der Waals surface area contributed by atoms with Crippen molar-refractivity contribution in [2.45, 2.75) is 11.8 Å². The fourth-order valence-electron chi connectivity index (χ4n) is 1.86. The first-order valence-electron chi connectivity index (χ1n) is 5.82. The van der Waals surface area contributed by atoms with Crippen LogP contribution in [0.3, 0.4) is 0 Å². The number of hydrogen-bond acceptors (Lipinski definition) is 2. The summed E-state index contributed by atoms with van der Waals surface area (Å²) in [5.74, 6) is 0.0405. The Kier molecular flexibility index (Phi) is 4.40. The number of amides is 1. The van der Waals surface area contributed by atoms with Crippen molar-refractivity contribution in [3.8, 4) is 0 Å². The number of benzene rings is 1. The van der Waals surface area contributed by atoms with Gasteiger partial charge in [-0.05, 0) is 12.0 Å². The Morgan fingerprint density at radius 2 is 2.24 bits per heavy atom. The Hall–Kier alpha value is -1.06. The predicted octanol–water partition coefficient (Wildman–Crippen LogP) is 2.12. The number of halogens is 1. The average molecular weight is 254 g/mol. The topological polar surface area (TPSA) is 38.3 Å². The van der Waals surface area contributed by atoms with E-state index in [1.807, 2.05) is 30.3 Å². The minimum Gasteiger partial charge on any atom is -0.381 e. The van der Waals surface area contributed by atoms with Crippen molar-refractivity contribution in [2.75, 3.05) is 19.8 Å². The molecular weight excluding hydrogens is 238 g/mol. The SMILES string of the molecule is O=C(NCC(Cl)c1ccccc1)C1CCOC1. The Morgan fingerprint density at radius 1 is 1.47 bits per heavy atom. The molecule has 4 heteroatoms. The number of carbonyl (C=O) groups is 1. The molecule has 0 saturated carbocycles. The average Bonchev–Trinajstić information content (AvgIpc) is 2.90. The number of alkyl halides is 1. The molecule has 0 aromatic heterocycles. The molecule has 1 aliphatic rings. The third-order valence-corrected chi connectivity index (χ3v) is 3.32. The van der Waals surface area contributed by atoms with E-state index in [0.29, 0.717) is 19.8 Å². The minimum absolute atomic E-state index is 0.00496. The van der Waals surface area contributed by atoms with E-state index in [0.717, 1.165) is 12.0 Å². The standard InChI is InChI=1S/C13H16ClNO2/c14-12(10-4-2-1-3-5-10)8-15-13(16)11-6-7-17-9-11/h1-5,11-12H,6-9H2,(H,15,16). The summed E-state index contributed by atoms with van der Waals surface area (Å²) in [6, 6.07) is 9.75. The van der Waals surface area contributed by atoms with E-state index in [1.165, 1.54) is 0 Å². The molecule has 3 nitrogen and oxygen atoms in total. The van der Waals surface area contributed by atoms with Crippen molar-refractivity contribution in [1.82, 2.24) is 5.32 Å². The molecule has 0 aliphatic carbocycles. The van der Waals surface area contributed by atoms with E-state index in [2.05, 4.69) is 5.32 Å². The van der Waals surface area contributed by atoms with Gasteiger partial charge >= 0.3 is 0 Å². The van der Waals surface area contributed by atoms with Gasteiger partial charge in [0.1, 0.15) is 0 Å². The third-order valence-electron chi connectivity index (χ3n) is 2.92. The first-order valence-corrected chi connectivity index (χ1v) is 6.25. The second-order valence-corrected chi connectivity index (χ2v) is 4.71. The number of rotatable bonds is 4. The van der Waals surface area contributed by atoms with Crippen LogP contribution in [0.1, 0.15) is 17.4 Å². The number of carbonyl (C=O) groups excluding carboxylic acids is 1. The van der Waals surface area contributed by atoms with Gasteiger partial charge in [-0.15, -0.1) is 11.6 Å². The Bertz CT molecular complexity index is 363. The summed E-state index contributed by atoms with van der Waals surface area (Å²) in [7, 11) is 0. The van der Waals surface area contributed by atoms with E-state index in [4.69, 9.17) is 16.3 Å². The number of ether oxygens (including phenoxy) is 1. The van der Waals surface area contributed by atoms with Gasteiger partial charge in [0.2, 0.25) is 5.91 Å². The Labute approximate surface area is 106 Å². The van der Waals surface area contributed by atoms with Gasteiger partial charge in [0, 0.05) is 13.2 Å². The fourth-order valence-corrected chi connectivity index (χ4v) is 2.08. The highest BCUT2D eigenvalue weighted by molar-refractivity contribution is 6.21. The zero-order valence-corrected chi connectivity index (χ0v) is 10.3. The molecule has 2 rings (SSSR count). The van der Waals surface area contributed by atoms with Gasteiger partial charge in [-0.3, -0.25) is 4.79 Å². The van der Waals surface area contributed by atoms with Gasteiger partial charge < -0.3 is 10.1 Å². The van der Waals surface area contributed by atoms with Crippen LogP contribution in [0.4, 0.5) is 0 Å². The maximum Gasteiger partial charge on any atom is 0.225 e. The molecule has 2 atom stereocenters. The monoisotopic (exact) mass is 253 g/mol. The van der Waals surface area contributed by atoms with Crippen LogP contribution in [-0.2, 0) is 9.53 Å². The molecule has 0 spiro atoms. The molecule has 17 heavy (non-hydrogen) atoms. The first kappa shape index (κ1) is 12.4. The summed E-state index contributed by atoms with van der Waals surface area (Å²) in [5, 5.41) is 2.69. The van der Waals surface area contributed by atoms with Crippen LogP contribution in [0, 0.1) is 5.92 Å². The number of hydrogen-bond donors (Lipinski definition) is 1. The zero-order chi connectivity index (χ0) is 12.1. The van der Waals surface area contributed by atoms with Crippen molar-refractivity contribution in [2.24, 2.45) is 5.92 Å². The van der Waals surface area contributed by atoms with Crippen LogP contribution in [0.5, 0.6) is 0 Å². The third kappa shape index (κ3) is 3.45. The molecule has 1 saturated heterocycles. The lowest BCUT2D eigenvalue weighted by molar-refractivity contribution is -0.124. The van der Waals surface area contributed by atoms with Crippen LogP contribution < -0.4 is 5.32 Å². The summed E-state index contributed by atoms with van der Waals surface area (Å²) in [4.78, 5) is 11.7. The first-order chi connectivity index (χ1) is 8.27. The molecule has 1 aromatic carbocycles. The van der Waals surface area contributed by atoms with Crippen molar-refractivity contribution >= 4 is 17.5 Å². The van der Waals surface area contributed by atoms with Gasteiger partial charge in [-0.2, -0.15) is 0 Å². The second kappa shape index (κ2) is 6.03. The molecular formula is C13H16ClNO2. The highest BCUT2D eigenvalue weighted by Gasteiger charge is 2.23. The molecule has 1 aromatic rings. The lowest BCUT2D eigenvalue weighted by Crippen LogP contribution is -2.33. The van der Waals surface area contributed by atoms with E-state index in [-0.39, 0.29) is 17.2 Å². The van der Waals surface area contributed by atoms with Crippen LogP contribution in [0.25, 0.3) is 0 Å².